The molecule has 1 unspecified atom stereocenters. The van der Waals surface area contributed by atoms with E-state index in [9.17, 15) is 14.4 Å². The molecule has 1 atom stereocenters. The fourth-order valence-corrected chi connectivity index (χ4v) is 6.54. The van der Waals surface area contributed by atoms with Crippen molar-refractivity contribution in [3.05, 3.63) is 72.9 Å². The number of rotatable bonds is 43. The van der Waals surface area contributed by atoms with Gasteiger partial charge in [0.25, 0.3) is 0 Å². The maximum Gasteiger partial charge on any atom is 0.306 e. The third kappa shape index (κ3) is 45.8. The zero-order valence-corrected chi connectivity index (χ0v) is 38.5. The Kier molecular flexibility index (Phi) is 45.0. The number of hydrogen-bond donors (Lipinski definition) is 0. The van der Waals surface area contributed by atoms with Gasteiger partial charge in [-0.2, -0.15) is 0 Å². The van der Waals surface area contributed by atoms with Gasteiger partial charge in [-0.25, -0.2) is 0 Å². The van der Waals surface area contributed by atoms with Gasteiger partial charge in [-0.3, -0.25) is 14.4 Å². The number of carbonyl (C=O) groups excluding carboxylic acids is 3. The molecule has 0 aliphatic rings. The van der Waals surface area contributed by atoms with Crippen LogP contribution in [0.1, 0.15) is 226 Å². The fourth-order valence-electron chi connectivity index (χ4n) is 6.54. The number of unbranched alkanes of at least 4 members (excludes halogenated alkanes) is 20. The fraction of sp³-hybridized carbons (Fsp3) is 0.717. The Labute approximate surface area is 363 Å². The van der Waals surface area contributed by atoms with Gasteiger partial charge < -0.3 is 14.2 Å². The Morgan fingerprint density at radius 1 is 0.356 bits per heavy atom. The van der Waals surface area contributed by atoms with E-state index < -0.39 is 12.1 Å². The van der Waals surface area contributed by atoms with E-state index in [1.165, 1.54) is 89.9 Å². The van der Waals surface area contributed by atoms with Gasteiger partial charge in [0.15, 0.2) is 6.10 Å². The summed E-state index contributed by atoms with van der Waals surface area (Å²) >= 11 is 0. The quantitative estimate of drug-likeness (QED) is 0.0264. The molecule has 0 aromatic carbocycles. The summed E-state index contributed by atoms with van der Waals surface area (Å²) < 4.78 is 16.7. The first-order valence-corrected chi connectivity index (χ1v) is 24.4. The van der Waals surface area contributed by atoms with Crippen LogP contribution in [0.4, 0.5) is 0 Å². The molecular formula is C53H90O6. The summed E-state index contributed by atoms with van der Waals surface area (Å²) in [7, 11) is 0. The highest BCUT2D eigenvalue weighted by atomic mass is 16.6. The lowest BCUT2D eigenvalue weighted by Crippen LogP contribution is -2.30. The maximum atomic E-state index is 12.7. The molecular weight excluding hydrogens is 733 g/mol. The minimum atomic E-state index is -0.816. The van der Waals surface area contributed by atoms with Crippen LogP contribution in [0.5, 0.6) is 0 Å². The van der Waals surface area contributed by atoms with Crippen molar-refractivity contribution in [3.8, 4) is 0 Å². The molecule has 0 N–H and O–H groups in total. The first-order valence-electron chi connectivity index (χ1n) is 24.4. The van der Waals surface area contributed by atoms with Crippen LogP contribution in [0, 0.1) is 0 Å². The highest BCUT2D eigenvalue weighted by molar-refractivity contribution is 5.71. The Morgan fingerprint density at radius 3 is 1.12 bits per heavy atom. The summed E-state index contributed by atoms with van der Waals surface area (Å²) in [6.07, 6.45) is 58.9. The van der Waals surface area contributed by atoms with Crippen LogP contribution in [0.25, 0.3) is 0 Å². The van der Waals surface area contributed by atoms with Gasteiger partial charge in [0.05, 0.1) is 0 Å². The van der Waals surface area contributed by atoms with Crippen LogP contribution < -0.4 is 0 Å². The molecule has 0 aromatic rings. The molecule has 0 aromatic heterocycles. The van der Waals surface area contributed by atoms with Crippen LogP contribution in [0.3, 0.4) is 0 Å². The number of hydrogen-bond acceptors (Lipinski definition) is 6. The lowest BCUT2D eigenvalue weighted by molar-refractivity contribution is -0.166. The molecule has 338 valence electrons. The second kappa shape index (κ2) is 47.5. The molecule has 6 heteroatoms. The number of ether oxygens (including phenoxy) is 3. The minimum Gasteiger partial charge on any atom is -0.462 e. The monoisotopic (exact) mass is 823 g/mol. The Bertz CT molecular complexity index is 1130. The first-order chi connectivity index (χ1) is 29.0. The van der Waals surface area contributed by atoms with E-state index in [-0.39, 0.29) is 31.6 Å². The molecule has 0 saturated carbocycles. The van der Waals surface area contributed by atoms with E-state index in [2.05, 4.69) is 81.5 Å². The van der Waals surface area contributed by atoms with Crippen molar-refractivity contribution in [2.75, 3.05) is 13.2 Å². The minimum absolute atomic E-state index is 0.107. The van der Waals surface area contributed by atoms with Gasteiger partial charge in [0.2, 0.25) is 0 Å². The third-order valence-corrected chi connectivity index (χ3v) is 10.2. The number of allylic oxidation sites excluding steroid dienone is 12. The van der Waals surface area contributed by atoms with E-state index in [4.69, 9.17) is 14.2 Å². The summed E-state index contributed by atoms with van der Waals surface area (Å²) in [5.74, 6) is -1.01. The van der Waals surface area contributed by atoms with E-state index in [1.807, 2.05) is 12.2 Å². The summed E-state index contributed by atoms with van der Waals surface area (Å²) in [5, 5.41) is 0. The molecule has 0 aliphatic carbocycles. The molecule has 0 rings (SSSR count). The van der Waals surface area contributed by atoms with Crippen molar-refractivity contribution >= 4 is 17.9 Å². The largest absolute Gasteiger partial charge is 0.462 e. The average molecular weight is 823 g/mol. The molecule has 0 heterocycles. The smallest absolute Gasteiger partial charge is 0.306 e. The molecule has 0 bridgehead atoms. The third-order valence-electron chi connectivity index (χ3n) is 10.2. The zero-order valence-electron chi connectivity index (χ0n) is 38.5. The second-order valence-electron chi connectivity index (χ2n) is 16.0. The van der Waals surface area contributed by atoms with Crippen LogP contribution in [0.15, 0.2) is 72.9 Å². The van der Waals surface area contributed by atoms with E-state index >= 15 is 0 Å². The summed E-state index contributed by atoms with van der Waals surface area (Å²) in [6.45, 7) is 6.42. The maximum absolute atomic E-state index is 12.7. The van der Waals surface area contributed by atoms with Crippen molar-refractivity contribution in [1.82, 2.24) is 0 Å². The van der Waals surface area contributed by atoms with Gasteiger partial charge in [0.1, 0.15) is 13.2 Å². The predicted molar refractivity (Wildman–Crippen MR) is 251 cm³/mol. The van der Waals surface area contributed by atoms with Crippen LogP contribution in [-0.2, 0) is 28.6 Å². The number of carbonyl (C=O) groups is 3. The van der Waals surface area contributed by atoms with Crippen molar-refractivity contribution in [2.45, 2.75) is 232 Å². The van der Waals surface area contributed by atoms with Crippen molar-refractivity contribution in [1.29, 1.82) is 0 Å². The SMILES string of the molecule is CC/C=C\C/C=C\C/C=C\C/C=C\CCC(=O)OC(COC(=O)CCCCCCC/C=C\C/C=C\CCCCCC)COC(=O)CCCCCCCCCCCCCC. The van der Waals surface area contributed by atoms with Gasteiger partial charge >= 0.3 is 17.9 Å². The summed E-state index contributed by atoms with van der Waals surface area (Å²) in [5.41, 5.74) is 0. The zero-order chi connectivity index (χ0) is 43.0. The average Bonchev–Trinajstić information content (AvgIpc) is 3.23. The van der Waals surface area contributed by atoms with Crippen LogP contribution in [0.2, 0.25) is 0 Å². The Morgan fingerprint density at radius 2 is 0.695 bits per heavy atom. The van der Waals surface area contributed by atoms with E-state index in [1.54, 1.807) is 0 Å². The first kappa shape index (κ1) is 55.9. The van der Waals surface area contributed by atoms with Gasteiger partial charge in [-0.05, 0) is 77.0 Å². The van der Waals surface area contributed by atoms with Crippen LogP contribution in [-0.4, -0.2) is 37.2 Å². The Hall–Kier alpha value is -3.15. The molecule has 0 fully saturated rings. The second-order valence-corrected chi connectivity index (χ2v) is 16.0. The van der Waals surface area contributed by atoms with Crippen molar-refractivity contribution in [2.24, 2.45) is 0 Å². The normalized spacial score (nSPS) is 12.7. The lowest BCUT2D eigenvalue weighted by Gasteiger charge is -2.18. The highest BCUT2D eigenvalue weighted by Gasteiger charge is 2.19. The van der Waals surface area contributed by atoms with Crippen LogP contribution >= 0.6 is 0 Å². The summed E-state index contributed by atoms with van der Waals surface area (Å²) in [6, 6.07) is 0. The lowest BCUT2D eigenvalue weighted by atomic mass is 10.0. The van der Waals surface area contributed by atoms with E-state index in [0.29, 0.717) is 19.3 Å². The Balaban J connectivity index is 4.48. The van der Waals surface area contributed by atoms with Crippen molar-refractivity contribution in [3.63, 3.8) is 0 Å². The van der Waals surface area contributed by atoms with Crippen molar-refractivity contribution < 1.29 is 28.6 Å². The molecule has 0 spiro atoms. The van der Waals surface area contributed by atoms with Gasteiger partial charge in [-0.15, -0.1) is 0 Å². The topological polar surface area (TPSA) is 78.9 Å². The summed E-state index contributed by atoms with van der Waals surface area (Å²) in [4.78, 5) is 37.8. The molecule has 0 aliphatic heterocycles. The van der Waals surface area contributed by atoms with E-state index in [0.717, 1.165) is 89.9 Å². The molecule has 59 heavy (non-hydrogen) atoms. The molecule has 6 nitrogen and oxygen atoms in total. The standard InChI is InChI=1S/C53H90O6/c1-4-7-10-13-16-19-22-25-26-27-29-31-34-37-40-43-46-52(55)58-49-50(48-57-51(54)45-42-39-36-33-30-24-21-18-15-12-9-6-3)59-53(56)47-44-41-38-35-32-28-23-20-17-14-11-8-5-2/h8,11,17,19-20,22,26-28,32,38,41,50H,4-7,9-10,12-16,18,21,23-25,29-31,33-37,39-40,42-49H2,1-3H3/b11-8-,20-17-,22-19-,27-26-,32-28-,41-38-. The van der Waals surface area contributed by atoms with Gasteiger partial charge in [-0.1, -0.05) is 203 Å². The molecule has 0 radical (unpaired) electrons. The molecule has 0 saturated heterocycles. The predicted octanol–water partition coefficient (Wildman–Crippen LogP) is 15.9. The molecule has 0 amide bonds. The van der Waals surface area contributed by atoms with Gasteiger partial charge in [0, 0.05) is 19.3 Å². The number of esters is 3. The highest BCUT2D eigenvalue weighted by Crippen LogP contribution is 2.14.